The number of nitrogens with one attached hydrogen (secondary N) is 1. The van der Waals surface area contributed by atoms with Gasteiger partial charge < -0.3 is 16.2 Å². The number of rotatable bonds is 5. The first-order valence-corrected chi connectivity index (χ1v) is 6.42. The van der Waals surface area contributed by atoms with Crippen molar-refractivity contribution in [3.63, 3.8) is 0 Å². The third-order valence-electron chi connectivity index (χ3n) is 3.33. The number of benzene rings is 1. The van der Waals surface area contributed by atoms with Gasteiger partial charge in [0.25, 0.3) is 0 Å². The molecule has 0 amide bonds. The van der Waals surface area contributed by atoms with Crippen LogP contribution in [0.15, 0.2) is 6.07 Å². The fourth-order valence-corrected chi connectivity index (χ4v) is 2.04. The molecule has 4 N–H and O–H groups in total. The minimum atomic E-state index is -0.836. The number of hydrogen-bond donors (Lipinski definition) is 3. The van der Waals surface area contributed by atoms with Crippen LogP contribution < -0.4 is 11.1 Å². The highest BCUT2D eigenvalue weighted by atomic mass is 35.5. The molecule has 0 unspecified atom stereocenters. The highest BCUT2D eigenvalue weighted by molar-refractivity contribution is 6.34. The Morgan fingerprint density at radius 3 is 2.50 bits per heavy atom. The fraction of sp³-hybridized carbons (Fsp3) is 0.538. The molecule has 102 valence electrons. The maximum Gasteiger partial charge on any atom is 0.146 e. The summed E-state index contributed by atoms with van der Waals surface area (Å²) in [6.45, 7) is 5.68. The lowest BCUT2D eigenvalue weighted by Crippen LogP contribution is -2.35. The molecule has 0 spiro atoms. The summed E-state index contributed by atoms with van der Waals surface area (Å²) in [6.07, 6.45) is 1.20. The lowest BCUT2D eigenvalue weighted by molar-refractivity contribution is 0.0457. The second kappa shape index (κ2) is 5.76. The van der Waals surface area contributed by atoms with Gasteiger partial charge in [-0.25, -0.2) is 4.39 Å². The maximum atomic E-state index is 13.7. The van der Waals surface area contributed by atoms with E-state index in [0.29, 0.717) is 29.8 Å². The third kappa shape index (κ3) is 3.06. The molecule has 0 saturated carbocycles. The van der Waals surface area contributed by atoms with Crippen molar-refractivity contribution < 1.29 is 9.50 Å². The first-order valence-electron chi connectivity index (χ1n) is 6.05. The van der Waals surface area contributed by atoms with Gasteiger partial charge >= 0.3 is 0 Å². The zero-order valence-electron chi connectivity index (χ0n) is 11.0. The SMILES string of the molecule is CCC(O)(CC)CNc1c(N)cc(C)c(F)c1Cl. The molecule has 1 rings (SSSR count). The van der Waals surface area contributed by atoms with Gasteiger partial charge in [-0.2, -0.15) is 0 Å². The van der Waals surface area contributed by atoms with Crippen LogP contribution in [0.3, 0.4) is 0 Å². The Balaban J connectivity index is 2.96. The molecular weight excluding hydrogens is 255 g/mol. The third-order valence-corrected chi connectivity index (χ3v) is 3.68. The van der Waals surface area contributed by atoms with Crippen molar-refractivity contribution in [3.05, 3.63) is 22.5 Å². The fourth-order valence-electron chi connectivity index (χ4n) is 1.71. The zero-order valence-corrected chi connectivity index (χ0v) is 11.7. The van der Waals surface area contributed by atoms with Crippen LogP contribution in [0.1, 0.15) is 32.3 Å². The van der Waals surface area contributed by atoms with Crippen LogP contribution in [0, 0.1) is 12.7 Å². The Kier molecular flexibility index (Phi) is 4.82. The average Bonchev–Trinajstić information content (AvgIpc) is 2.35. The molecule has 0 fully saturated rings. The van der Waals surface area contributed by atoms with Crippen LogP contribution in [0.5, 0.6) is 0 Å². The average molecular weight is 275 g/mol. The smallest absolute Gasteiger partial charge is 0.146 e. The Bertz CT molecular complexity index is 433. The van der Waals surface area contributed by atoms with Crippen molar-refractivity contribution in [2.24, 2.45) is 0 Å². The normalized spacial score (nSPS) is 11.7. The van der Waals surface area contributed by atoms with E-state index in [1.807, 2.05) is 13.8 Å². The minimum Gasteiger partial charge on any atom is -0.397 e. The predicted molar refractivity (Wildman–Crippen MR) is 74.6 cm³/mol. The van der Waals surface area contributed by atoms with E-state index in [2.05, 4.69) is 5.32 Å². The Labute approximate surface area is 112 Å². The molecule has 0 heterocycles. The van der Waals surface area contributed by atoms with Gasteiger partial charge in [-0.3, -0.25) is 0 Å². The van der Waals surface area contributed by atoms with Gasteiger partial charge in [0.2, 0.25) is 0 Å². The molecule has 18 heavy (non-hydrogen) atoms. The lowest BCUT2D eigenvalue weighted by Gasteiger charge is -2.26. The largest absolute Gasteiger partial charge is 0.397 e. The molecule has 1 aromatic carbocycles. The van der Waals surface area contributed by atoms with Crippen LogP contribution in [-0.4, -0.2) is 17.3 Å². The number of nitrogen functional groups attached to an aromatic ring is 1. The van der Waals surface area contributed by atoms with E-state index in [9.17, 15) is 9.50 Å². The molecule has 0 aliphatic rings. The summed E-state index contributed by atoms with van der Waals surface area (Å²) in [7, 11) is 0. The molecule has 1 aromatic rings. The molecular formula is C13H20ClFN2O. The summed E-state index contributed by atoms with van der Waals surface area (Å²) < 4.78 is 13.7. The van der Waals surface area contributed by atoms with Crippen molar-refractivity contribution in [2.75, 3.05) is 17.6 Å². The summed E-state index contributed by atoms with van der Waals surface area (Å²) in [4.78, 5) is 0. The highest BCUT2D eigenvalue weighted by Gasteiger charge is 2.23. The van der Waals surface area contributed by atoms with Crippen molar-refractivity contribution in [3.8, 4) is 0 Å². The quantitative estimate of drug-likeness (QED) is 0.722. The summed E-state index contributed by atoms with van der Waals surface area (Å²) in [5.41, 5.74) is 6.11. The number of anilines is 2. The molecule has 0 saturated heterocycles. The summed E-state index contributed by atoms with van der Waals surface area (Å²) in [5.74, 6) is -0.482. The van der Waals surface area contributed by atoms with Gasteiger partial charge in [0, 0.05) is 6.54 Å². The number of hydrogen-bond acceptors (Lipinski definition) is 3. The van der Waals surface area contributed by atoms with Crippen molar-refractivity contribution in [1.29, 1.82) is 0 Å². The molecule has 3 nitrogen and oxygen atoms in total. The van der Waals surface area contributed by atoms with Crippen molar-refractivity contribution in [1.82, 2.24) is 0 Å². The number of aliphatic hydroxyl groups is 1. The standard InChI is InChI=1S/C13H20ClFN2O/c1-4-13(18,5-2)7-17-12-9(16)6-8(3)11(15)10(12)14/h6,17-18H,4-5,7,16H2,1-3H3. The number of halogens is 2. The van der Waals surface area contributed by atoms with E-state index in [1.165, 1.54) is 6.07 Å². The Morgan fingerprint density at radius 2 is 2.00 bits per heavy atom. The predicted octanol–water partition coefficient (Wildman–Crippen LogP) is 3.33. The topological polar surface area (TPSA) is 58.3 Å². The second-order valence-electron chi connectivity index (χ2n) is 4.57. The number of nitrogens with two attached hydrogens (primary N) is 1. The van der Waals surface area contributed by atoms with E-state index >= 15 is 0 Å². The van der Waals surface area contributed by atoms with Crippen molar-refractivity contribution in [2.45, 2.75) is 39.2 Å². The van der Waals surface area contributed by atoms with E-state index in [1.54, 1.807) is 6.92 Å². The Morgan fingerprint density at radius 1 is 1.44 bits per heavy atom. The van der Waals surface area contributed by atoms with Crippen LogP contribution in [0.25, 0.3) is 0 Å². The number of aryl methyl sites for hydroxylation is 1. The first kappa shape index (κ1) is 15.1. The van der Waals surface area contributed by atoms with Crippen LogP contribution in [-0.2, 0) is 0 Å². The van der Waals surface area contributed by atoms with Crippen molar-refractivity contribution >= 4 is 23.0 Å². The van der Waals surface area contributed by atoms with E-state index in [4.69, 9.17) is 17.3 Å². The second-order valence-corrected chi connectivity index (χ2v) is 4.95. The van der Waals surface area contributed by atoms with Gasteiger partial charge in [-0.05, 0) is 31.4 Å². The molecule has 0 radical (unpaired) electrons. The van der Waals surface area contributed by atoms with E-state index in [0.717, 1.165) is 0 Å². The summed E-state index contributed by atoms with van der Waals surface area (Å²) in [6, 6.07) is 1.53. The monoisotopic (exact) mass is 274 g/mol. The van der Waals surface area contributed by atoms with Crippen LogP contribution in [0.4, 0.5) is 15.8 Å². The van der Waals surface area contributed by atoms with Crippen LogP contribution in [0.2, 0.25) is 5.02 Å². The molecule has 0 aliphatic carbocycles. The van der Waals surface area contributed by atoms with Gasteiger partial charge in [0.15, 0.2) is 0 Å². The summed E-state index contributed by atoms with van der Waals surface area (Å²) in [5, 5.41) is 13.1. The van der Waals surface area contributed by atoms with E-state index < -0.39 is 11.4 Å². The van der Waals surface area contributed by atoms with Gasteiger partial charge in [0.05, 0.1) is 17.0 Å². The first-order chi connectivity index (χ1) is 8.34. The molecule has 5 heteroatoms. The lowest BCUT2D eigenvalue weighted by atomic mass is 9.97. The highest BCUT2D eigenvalue weighted by Crippen LogP contribution is 2.33. The maximum absolute atomic E-state index is 13.7. The molecule has 0 atom stereocenters. The zero-order chi connectivity index (χ0) is 13.9. The van der Waals surface area contributed by atoms with Gasteiger partial charge in [-0.1, -0.05) is 25.4 Å². The van der Waals surface area contributed by atoms with E-state index in [-0.39, 0.29) is 11.6 Å². The summed E-state index contributed by atoms with van der Waals surface area (Å²) >= 11 is 5.92. The van der Waals surface area contributed by atoms with Crippen LogP contribution >= 0.6 is 11.6 Å². The molecule has 0 aromatic heterocycles. The Hall–Kier alpha value is -1.00. The van der Waals surface area contributed by atoms with Gasteiger partial charge in [0.1, 0.15) is 10.8 Å². The molecule has 0 bridgehead atoms. The minimum absolute atomic E-state index is 0.0259. The van der Waals surface area contributed by atoms with Gasteiger partial charge in [-0.15, -0.1) is 0 Å². The molecule has 0 aliphatic heterocycles.